The molecule has 0 aliphatic carbocycles. The van der Waals surface area contributed by atoms with Gasteiger partial charge in [-0.15, -0.1) is 6.58 Å². The van der Waals surface area contributed by atoms with Gasteiger partial charge in [-0.05, 0) is 23.8 Å². The third-order valence-electron chi connectivity index (χ3n) is 4.74. The second-order valence-electron chi connectivity index (χ2n) is 6.99. The van der Waals surface area contributed by atoms with Gasteiger partial charge < -0.3 is 28.8 Å². The van der Waals surface area contributed by atoms with Crippen LogP contribution in [0.2, 0.25) is 0 Å². The number of aliphatic hydroxyl groups is 1. The zero-order valence-electron chi connectivity index (χ0n) is 17.5. The van der Waals surface area contributed by atoms with Crippen LogP contribution in [0, 0.1) is 0 Å². The molecule has 1 N–H and O–H groups in total. The molecule has 2 aromatic carbocycles. The lowest BCUT2D eigenvalue weighted by Gasteiger charge is -2.26. The highest BCUT2D eigenvalue weighted by atomic mass is 16.7. The first kappa shape index (κ1) is 22.0. The number of ether oxygens (including phenoxy) is 5. The van der Waals surface area contributed by atoms with Gasteiger partial charge in [0.15, 0.2) is 23.0 Å². The van der Waals surface area contributed by atoms with Crippen molar-refractivity contribution in [3.05, 3.63) is 60.2 Å². The Hall–Kier alpha value is -2.74. The van der Waals surface area contributed by atoms with Crippen LogP contribution in [0.1, 0.15) is 11.1 Å². The molecule has 30 heavy (non-hydrogen) atoms. The van der Waals surface area contributed by atoms with Crippen molar-refractivity contribution in [1.29, 1.82) is 0 Å². The molecular formula is C23H29NO6. The van der Waals surface area contributed by atoms with Crippen LogP contribution < -0.4 is 18.9 Å². The average Bonchev–Trinajstić information content (AvgIpc) is 3.21. The predicted molar refractivity (Wildman–Crippen MR) is 113 cm³/mol. The van der Waals surface area contributed by atoms with Gasteiger partial charge in [0.25, 0.3) is 0 Å². The Morgan fingerprint density at radius 1 is 1.13 bits per heavy atom. The standard InChI is InChI=1S/C23H29NO6/c1-4-10-28-15-19(25)14-24(12-17-8-9-20-22(11-17)30-16-29-20)13-18-6-5-7-21(26-2)23(18)27-3/h4-9,11,19,25H,1,10,12-16H2,2-3H3/t19-/m1/s1. The molecule has 0 amide bonds. The topological polar surface area (TPSA) is 69.6 Å². The zero-order valence-corrected chi connectivity index (χ0v) is 17.5. The van der Waals surface area contributed by atoms with E-state index in [2.05, 4.69) is 11.5 Å². The minimum absolute atomic E-state index is 0.235. The summed E-state index contributed by atoms with van der Waals surface area (Å²) >= 11 is 0. The largest absolute Gasteiger partial charge is 0.493 e. The predicted octanol–water partition coefficient (Wildman–Crippen LogP) is 3.00. The summed E-state index contributed by atoms with van der Waals surface area (Å²) in [6, 6.07) is 11.7. The molecule has 7 nitrogen and oxygen atoms in total. The van der Waals surface area contributed by atoms with Crippen molar-refractivity contribution in [2.45, 2.75) is 19.2 Å². The Morgan fingerprint density at radius 2 is 1.97 bits per heavy atom. The van der Waals surface area contributed by atoms with Crippen molar-refractivity contribution >= 4 is 0 Å². The molecule has 0 bridgehead atoms. The Kier molecular flexibility index (Phi) is 7.96. The first-order valence-corrected chi connectivity index (χ1v) is 9.82. The van der Waals surface area contributed by atoms with E-state index in [9.17, 15) is 5.11 Å². The highest BCUT2D eigenvalue weighted by Crippen LogP contribution is 2.34. The summed E-state index contributed by atoms with van der Waals surface area (Å²) in [5.74, 6) is 2.85. The van der Waals surface area contributed by atoms with Gasteiger partial charge >= 0.3 is 0 Å². The highest BCUT2D eigenvalue weighted by molar-refractivity contribution is 5.47. The Morgan fingerprint density at radius 3 is 2.73 bits per heavy atom. The molecule has 7 heteroatoms. The van der Waals surface area contributed by atoms with Gasteiger partial charge in [-0.2, -0.15) is 0 Å². The number of hydrogen-bond donors (Lipinski definition) is 1. The van der Waals surface area contributed by atoms with Crippen LogP contribution in [0.25, 0.3) is 0 Å². The Bertz CT molecular complexity index is 840. The average molecular weight is 415 g/mol. The molecule has 3 rings (SSSR count). The number of fused-ring (bicyclic) bond motifs is 1. The fraction of sp³-hybridized carbons (Fsp3) is 0.391. The number of methoxy groups -OCH3 is 2. The van der Waals surface area contributed by atoms with Gasteiger partial charge in [0.1, 0.15) is 0 Å². The fourth-order valence-corrected chi connectivity index (χ4v) is 3.44. The summed E-state index contributed by atoms with van der Waals surface area (Å²) in [5, 5.41) is 10.5. The summed E-state index contributed by atoms with van der Waals surface area (Å²) in [6.07, 6.45) is 1.02. The lowest BCUT2D eigenvalue weighted by Crippen LogP contribution is -2.34. The van der Waals surface area contributed by atoms with Gasteiger partial charge in [-0.1, -0.05) is 24.3 Å². The third kappa shape index (κ3) is 5.66. The Labute approximate surface area is 177 Å². The van der Waals surface area contributed by atoms with Gasteiger partial charge in [0.2, 0.25) is 6.79 Å². The van der Waals surface area contributed by atoms with Gasteiger partial charge in [-0.3, -0.25) is 4.90 Å². The maximum atomic E-state index is 10.5. The quantitative estimate of drug-likeness (QED) is 0.422. The molecule has 0 saturated heterocycles. The molecule has 0 unspecified atom stereocenters. The molecule has 0 spiro atoms. The maximum absolute atomic E-state index is 10.5. The van der Waals surface area contributed by atoms with Crippen LogP contribution in [0.3, 0.4) is 0 Å². The van der Waals surface area contributed by atoms with Crippen molar-refractivity contribution in [2.75, 3.05) is 40.8 Å². The van der Waals surface area contributed by atoms with Gasteiger partial charge in [0.05, 0.1) is 33.5 Å². The zero-order chi connectivity index (χ0) is 21.3. The molecule has 1 heterocycles. The van der Waals surface area contributed by atoms with Crippen molar-refractivity contribution in [3.8, 4) is 23.0 Å². The molecule has 0 aromatic heterocycles. The van der Waals surface area contributed by atoms with Crippen LogP contribution in [-0.4, -0.2) is 56.9 Å². The molecule has 0 saturated carbocycles. The number of nitrogens with zero attached hydrogens (tertiary/aromatic N) is 1. The summed E-state index contributed by atoms with van der Waals surface area (Å²) in [6.45, 7) is 6.10. The second-order valence-corrected chi connectivity index (χ2v) is 6.99. The van der Waals surface area contributed by atoms with Crippen LogP contribution in [-0.2, 0) is 17.8 Å². The van der Waals surface area contributed by atoms with E-state index in [4.69, 9.17) is 23.7 Å². The molecule has 1 aliphatic rings. The van der Waals surface area contributed by atoms with E-state index < -0.39 is 6.10 Å². The number of aliphatic hydroxyl groups excluding tert-OH is 1. The molecule has 1 atom stereocenters. The van der Waals surface area contributed by atoms with Crippen LogP contribution in [0.4, 0.5) is 0 Å². The molecular weight excluding hydrogens is 386 g/mol. The van der Waals surface area contributed by atoms with Crippen molar-refractivity contribution < 1.29 is 28.8 Å². The minimum Gasteiger partial charge on any atom is -0.493 e. The SMILES string of the molecule is C=CCOC[C@H](O)CN(Cc1ccc2c(c1)OCO2)Cc1cccc(OC)c1OC. The molecule has 1 aliphatic heterocycles. The maximum Gasteiger partial charge on any atom is 0.231 e. The number of benzene rings is 2. The van der Waals surface area contributed by atoms with Crippen LogP contribution in [0.5, 0.6) is 23.0 Å². The molecule has 162 valence electrons. The van der Waals surface area contributed by atoms with Crippen LogP contribution >= 0.6 is 0 Å². The molecule has 2 aromatic rings. The van der Waals surface area contributed by atoms with E-state index in [1.807, 2.05) is 36.4 Å². The first-order chi connectivity index (χ1) is 14.6. The van der Waals surface area contributed by atoms with Crippen LogP contribution in [0.15, 0.2) is 49.1 Å². The lowest BCUT2D eigenvalue weighted by atomic mass is 10.1. The van der Waals surface area contributed by atoms with Crippen molar-refractivity contribution in [3.63, 3.8) is 0 Å². The van der Waals surface area contributed by atoms with Gasteiger partial charge in [0, 0.05) is 25.2 Å². The number of para-hydroxylation sites is 1. The minimum atomic E-state index is -0.643. The summed E-state index contributed by atoms with van der Waals surface area (Å²) in [4.78, 5) is 2.14. The van der Waals surface area contributed by atoms with E-state index in [0.29, 0.717) is 37.7 Å². The van der Waals surface area contributed by atoms with Crippen molar-refractivity contribution in [1.82, 2.24) is 4.90 Å². The first-order valence-electron chi connectivity index (χ1n) is 9.82. The monoisotopic (exact) mass is 415 g/mol. The molecule has 0 fully saturated rings. The van der Waals surface area contributed by atoms with Crippen molar-refractivity contribution in [2.24, 2.45) is 0 Å². The number of rotatable bonds is 12. The van der Waals surface area contributed by atoms with E-state index in [1.54, 1.807) is 20.3 Å². The summed E-state index contributed by atoms with van der Waals surface area (Å²) in [7, 11) is 3.24. The lowest BCUT2D eigenvalue weighted by molar-refractivity contribution is 0.0227. The van der Waals surface area contributed by atoms with E-state index in [1.165, 1.54) is 0 Å². The normalized spacial score (nSPS) is 13.3. The Balaban J connectivity index is 1.77. The second kappa shape index (κ2) is 10.9. The summed E-state index contributed by atoms with van der Waals surface area (Å²) < 4.78 is 27.3. The van der Waals surface area contributed by atoms with E-state index >= 15 is 0 Å². The number of hydrogen-bond acceptors (Lipinski definition) is 7. The molecule has 0 radical (unpaired) electrons. The van der Waals surface area contributed by atoms with Gasteiger partial charge in [-0.25, -0.2) is 0 Å². The smallest absolute Gasteiger partial charge is 0.231 e. The highest BCUT2D eigenvalue weighted by Gasteiger charge is 2.19. The third-order valence-corrected chi connectivity index (χ3v) is 4.74. The fourth-order valence-electron chi connectivity index (χ4n) is 3.44. The summed E-state index contributed by atoms with van der Waals surface area (Å²) in [5.41, 5.74) is 2.03. The van der Waals surface area contributed by atoms with E-state index in [0.717, 1.165) is 22.6 Å². The van der Waals surface area contributed by atoms with E-state index in [-0.39, 0.29) is 13.4 Å².